The largest absolute Gasteiger partial charge is 0.0900 e. The minimum Gasteiger partial charge on any atom is -0.0900 e. The van der Waals surface area contributed by atoms with Crippen molar-refractivity contribution in [1.82, 2.24) is 0 Å². The average molecular weight is 285 g/mol. The first kappa shape index (κ1) is 19.1. The summed E-state index contributed by atoms with van der Waals surface area (Å²) in [6.45, 7) is 4.36. The summed E-state index contributed by atoms with van der Waals surface area (Å²) in [6, 6.07) is 0. The van der Waals surface area contributed by atoms with E-state index in [0.717, 1.165) is 6.42 Å². The second-order valence-corrected chi connectivity index (χ2v) is 6.75. The molecule has 0 aliphatic rings. The molecule has 0 saturated carbocycles. The molecule has 0 bridgehead atoms. The molecule has 0 fully saturated rings. The molecule has 0 radical (unpaired) electrons. The highest BCUT2D eigenvalue weighted by Gasteiger charge is 1.94. The van der Waals surface area contributed by atoms with Gasteiger partial charge in [-0.3, -0.25) is 0 Å². The van der Waals surface area contributed by atoms with Gasteiger partial charge in [0.15, 0.2) is 0 Å². The topological polar surface area (TPSA) is 0 Å². The van der Waals surface area contributed by atoms with Crippen molar-refractivity contribution in [2.75, 3.05) is 0 Å². The number of rotatable bonds is 15. The zero-order chi connectivity index (χ0) is 14.2. The van der Waals surface area contributed by atoms with E-state index in [4.69, 9.17) is 12.2 Å². The lowest BCUT2D eigenvalue weighted by atomic mass is 10.0. The summed E-state index contributed by atoms with van der Waals surface area (Å²) in [6.07, 6.45) is 21.2. The molecule has 0 nitrogen and oxygen atoms in total. The van der Waals surface area contributed by atoms with E-state index in [1.165, 1.54) is 94.8 Å². The predicted octanol–water partition coefficient (Wildman–Crippen LogP) is 7.25. The van der Waals surface area contributed by atoms with Crippen molar-refractivity contribution in [3.8, 4) is 0 Å². The minimum atomic E-state index is 1.16. The summed E-state index contributed by atoms with van der Waals surface area (Å²) in [7, 11) is 0. The molecule has 0 saturated heterocycles. The summed E-state index contributed by atoms with van der Waals surface area (Å²) in [4.78, 5) is 1.18. The maximum atomic E-state index is 5.09. The number of hydrogen-bond donors (Lipinski definition) is 0. The summed E-state index contributed by atoms with van der Waals surface area (Å²) < 4.78 is 0. The Morgan fingerprint density at radius 3 is 1.21 bits per heavy atom. The molecule has 0 N–H and O–H groups in total. The van der Waals surface area contributed by atoms with Crippen LogP contribution in [0.4, 0.5) is 0 Å². The van der Waals surface area contributed by atoms with Crippen LogP contribution in [-0.4, -0.2) is 4.86 Å². The van der Waals surface area contributed by atoms with E-state index in [1.807, 2.05) is 0 Å². The summed E-state index contributed by atoms with van der Waals surface area (Å²) >= 11 is 5.09. The Kier molecular flexibility index (Phi) is 16.2. The van der Waals surface area contributed by atoms with E-state index in [9.17, 15) is 0 Å². The van der Waals surface area contributed by atoms with Crippen LogP contribution in [0.2, 0.25) is 0 Å². The Balaban J connectivity index is 2.93. The van der Waals surface area contributed by atoms with Crippen LogP contribution in [0.5, 0.6) is 0 Å². The predicted molar refractivity (Wildman–Crippen MR) is 93.2 cm³/mol. The fourth-order valence-electron chi connectivity index (χ4n) is 2.57. The van der Waals surface area contributed by atoms with Gasteiger partial charge in [0, 0.05) is 0 Å². The molecular formula is C18H36S. The number of unbranched alkanes of at least 4 members (excludes halogenated alkanes) is 13. The smallest absolute Gasteiger partial charge is 0.0102 e. The maximum absolute atomic E-state index is 5.09. The van der Waals surface area contributed by atoms with Crippen molar-refractivity contribution >= 4 is 17.1 Å². The maximum Gasteiger partial charge on any atom is -0.0102 e. The van der Waals surface area contributed by atoms with Gasteiger partial charge < -0.3 is 0 Å². The van der Waals surface area contributed by atoms with Gasteiger partial charge in [-0.15, -0.1) is 0 Å². The third-order valence-corrected chi connectivity index (χ3v) is 4.09. The normalized spacial score (nSPS) is 10.8. The molecule has 0 unspecified atom stereocenters. The minimum absolute atomic E-state index is 1.16. The lowest BCUT2D eigenvalue weighted by Crippen LogP contribution is -1.87. The number of hydrogen-bond acceptors (Lipinski definition) is 1. The van der Waals surface area contributed by atoms with E-state index in [-0.39, 0.29) is 0 Å². The van der Waals surface area contributed by atoms with Gasteiger partial charge in [0.2, 0.25) is 0 Å². The fourth-order valence-corrected chi connectivity index (χ4v) is 2.71. The molecule has 0 aromatic rings. The quantitative estimate of drug-likeness (QED) is 0.225. The van der Waals surface area contributed by atoms with Gasteiger partial charge in [-0.1, -0.05) is 103 Å². The Hall–Kier alpha value is 0.0900. The van der Waals surface area contributed by atoms with Gasteiger partial charge in [-0.2, -0.15) is 0 Å². The van der Waals surface area contributed by atoms with E-state index < -0.39 is 0 Å². The molecule has 0 aromatic heterocycles. The summed E-state index contributed by atoms with van der Waals surface area (Å²) in [5, 5.41) is 0. The first-order valence-corrected chi connectivity index (χ1v) is 9.17. The molecule has 0 aliphatic heterocycles. The molecule has 0 amide bonds. The van der Waals surface area contributed by atoms with Crippen LogP contribution in [-0.2, 0) is 0 Å². The lowest BCUT2D eigenvalue weighted by molar-refractivity contribution is 0.537. The first-order valence-electron chi connectivity index (χ1n) is 8.76. The van der Waals surface area contributed by atoms with Crippen molar-refractivity contribution < 1.29 is 0 Å². The van der Waals surface area contributed by atoms with Gasteiger partial charge in [-0.05, 0) is 24.6 Å². The Labute approximate surface area is 127 Å². The summed E-state index contributed by atoms with van der Waals surface area (Å²) in [5.41, 5.74) is 0. The molecular weight excluding hydrogens is 248 g/mol. The van der Waals surface area contributed by atoms with Crippen LogP contribution in [0.1, 0.15) is 110 Å². The monoisotopic (exact) mass is 284 g/mol. The highest BCUT2D eigenvalue weighted by atomic mass is 32.1. The first-order chi connectivity index (χ1) is 9.27. The van der Waals surface area contributed by atoms with Crippen LogP contribution in [0.15, 0.2) is 0 Å². The van der Waals surface area contributed by atoms with E-state index in [0.29, 0.717) is 0 Å². The van der Waals surface area contributed by atoms with E-state index in [2.05, 4.69) is 13.8 Å². The average Bonchev–Trinajstić information content (AvgIpc) is 2.39. The molecule has 19 heavy (non-hydrogen) atoms. The van der Waals surface area contributed by atoms with Crippen LogP contribution in [0.3, 0.4) is 0 Å². The van der Waals surface area contributed by atoms with Crippen LogP contribution < -0.4 is 0 Å². The Morgan fingerprint density at radius 2 is 0.895 bits per heavy atom. The van der Waals surface area contributed by atoms with Gasteiger partial charge in [0.25, 0.3) is 0 Å². The van der Waals surface area contributed by atoms with Gasteiger partial charge >= 0.3 is 0 Å². The van der Waals surface area contributed by atoms with Crippen LogP contribution >= 0.6 is 12.2 Å². The van der Waals surface area contributed by atoms with Crippen LogP contribution in [0.25, 0.3) is 0 Å². The zero-order valence-electron chi connectivity index (χ0n) is 13.5. The van der Waals surface area contributed by atoms with Crippen molar-refractivity contribution in [3.63, 3.8) is 0 Å². The lowest BCUT2D eigenvalue weighted by Gasteiger charge is -2.03. The molecule has 0 aromatic carbocycles. The second kappa shape index (κ2) is 16.1. The fraction of sp³-hybridized carbons (Fsp3) is 0.944. The highest BCUT2D eigenvalue weighted by molar-refractivity contribution is 7.80. The molecule has 0 spiro atoms. The van der Waals surface area contributed by atoms with Gasteiger partial charge in [-0.25, -0.2) is 0 Å². The van der Waals surface area contributed by atoms with E-state index >= 15 is 0 Å². The summed E-state index contributed by atoms with van der Waals surface area (Å²) in [5.74, 6) is 0. The molecule has 0 atom stereocenters. The van der Waals surface area contributed by atoms with Crippen LogP contribution in [0, 0.1) is 0 Å². The second-order valence-electron chi connectivity index (χ2n) is 6.05. The molecule has 0 rings (SSSR count). The zero-order valence-corrected chi connectivity index (χ0v) is 14.3. The van der Waals surface area contributed by atoms with Crippen molar-refractivity contribution in [1.29, 1.82) is 0 Å². The molecule has 0 heterocycles. The highest BCUT2D eigenvalue weighted by Crippen LogP contribution is 2.13. The van der Waals surface area contributed by atoms with E-state index in [1.54, 1.807) is 0 Å². The molecule has 114 valence electrons. The Bertz CT molecular complexity index is 186. The standard InChI is InChI=1S/C18H36S/c1-3-4-5-6-7-8-9-10-11-12-13-14-15-16-17-18(2)19/h3-17H2,1-2H3. The van der Waals surface area contributed by atoms with Crippen molar-refractivity contribution in [3.05, 3.63) is 0 Å². The third kappa shape index (κ3) is 18.1. The van der Waals surface area contributed by atoms with Crippen molar-refractivity contribution in [2.24, 2.45) is 0 Å². The van der Waals surface area contributed by atoms with Gasteiger partial charge in [0.05, 0.1) is 0 Å². The van der Waals surface area contributed by atoms with Gasteiger partial charge in [0.1, 0.15) is 0 Å². The SMILES string of the molecule is CCCCCCCCCCCCCCCCC(C)=S. The molecule has 1 heteroatoms. The number of thiocarbonyl (C=S) groups is 1. The van der Waals surface area contributed by atoms with Crippen molar-refractivity contribution in [2.45, 2.75) is 110 Å². The molecule has 0 aliphatic carbocycles. The Morgan fingerprint density at radius 1 is 0.579 bits per heavy atom. The third-order valence-electron chi connectivity index (χ3n) is 3.88.